The highest BCUT2D eigenvalue weighted by Gasteiger charge is 2.20. The molecule has 3 aromatic rings. The number of fused-ring (bicyclic) bond motifs is 1. The average Bonchev–Trinajstić information content (AvgIpc) is 3.11. The molecular formula is C20H20N6S. The fourth-order valence-corrected chi connectivity index (χ4v) is 3.26. The van der Waals surface area contributed by atoms with Crippen molar-refractivity contribution in [3.8, 4) is 0 Å². The lowest BCUT2D eigenvalue weighted by molar-refractivity contribution is 0.849. The SMILES string of the molecule is Cc1cc(N2Cc3ccccc3C2)nc(NC(=S)NCc2cccnc2)n1. The second-order valence-electron chi connectivity index (χ2n) is 6.48. The van der Waals surface area contributed by atoms with Crippen LogP contribution in [-0.2, 0) is 19.6 Å². The van der Waals surface area contributed by atoms with Gasteiger partial charge in [-0.15, -0.1) is 0 Å². The highest BCUT2D eigenvalue weighted by molar-refractivity contribution is 7.80. The van der Waals surface area contributed by atoms with Crippen LogP contribution in [0.3, 0.4) is 0 Å². The first-order chi connectivity index (χ1) is 13.2. The van der Waals surface area contributed by atoms with E-state index < -0.39 is 0 Å². The minimum atomic E-state index is 0.486. The van der Waals surface area contributed by atoms with E-state index in [0.29, 0.717) is 17.6 Å². The predicted octanol–water partition coefficient (Wildman–Crippen LogP) is 3.19. The van der Waals surface area contributed by atoms with E-state index >= 15 is 0 Å². The number of aromatic nitrogens is 3. The van der Waals surface area contributed by atoms with Crippen molar-refractivity contribution < 1.29 is 0 Å². The molecule has 2 aromatic heterocycles. The fraction of sp³-hybridized carbons (Fsp3) is 0.200. The summed E-state index contributed by atoms with van der Waals surface area (Å²) in [4.78, 5) is 15.5. The van der Waals surface area contributed by atoms with E-state index in [9.17, 15) is 0 Å². The Morgan fingerprint density at radius 1 is 1.11 bits per heavy atom. The van der Waals surface area contributed by atoms with E-state index in [1.807, 2.05) is 31.3 Å². The Kier molecular flexibility index (Phi) is 4.93. The summed E-state index contributed by atoms with van der Waals surface area (Å²) in [5.41, 5.74) is 4.64. The maximum Gasteiger partial charge on any atom is 0.231 e. The van der Waals surface area contributed by atoms with Gasteiger partial charge >= 0.3 is 0 Å². The molecule has 0 amide bonds. The Hall–Kier alpha value is -3.06. The summed E-state index contributed by atoms with van der Waals surface area (Å²) in [7, 11) is 0. The molecule has 0 saturated heterocycles. The molecule has 2 N–H and O–H groups in total. The first-order valence-corrected chi connectivity index (χ1v) is 9.19. The predicted molar refractivity (Wildman–Crippen MR) is 110 cm³/mol. The summed E-state index contributed by atoms with van der Waals surface area (Å²) in [6, 6.07) is 14.4. The molecule has 136 valence electrons. The lowest BCUT2D eigenvalue weighted by atomic mass is 10.1. The van der Waals surface area contributed by atoms with Gasteiger partial charge < -0.3 is 15.5 Å². The van der Waals surface area contributed by atoms with Gasteiger partial charge in [-0.05, 0) is 41.9 Å². The van der Waals surface area contributed by atoms with Crippen molar-refractivity contribution in [3.05, 3.63) is 77.2 Å². The second kappa shape index (κ2) is 7.67. The van der Waals surface area contributed by atoms with Crippen molar-refractivity contribution >= 4 is 29.1 Å². The lowest BCUT2D eigenvalue weighted by Crippen LogP contribution is -2.29. The third-order valence-electron chi connectivity index (χ3n) is 4.41. The zero-order valence-electron chi connectivity index (χ0n) is 15.0. The van der Waals surface area contributed by atoms with Crippen molar-refractivity contribution in [3.63, 3.8) is 0 Å². The minimum Gasteiger partial charge on any atom is -0.358 e. The summed E-state index contributed by atoms with van der Waals surface area (Å²) >= 11 is 5.38. The molecule has 0 aliphatic carbocycles. The number of hydrogen-bond acceptors (Lipinski definition) is 5. The Morgan fingerprint density at radius 3 is 2.59 bits per heavy atom. The van der Waals surface area contributed by atoms with Crippen LogP contribution in [0, 0.1) is 6.92 Å². The van der Waals surface area contributed by atoms with Crippen molar-refractivity contribution in [1.29, 1.82) is 0 Å². The van der Waals surface area contributed by atoms with Crippen molar-refractivity contribution in [2.75, 3.05) is 10.2 Å². The zero-order chi connectivity index (χ0) is 18.6. The monoisotopic (exact) mass is 376 g/mol. The molecule has 7 heteroatoms. The molecule has 0 unspecified atom stereocenters. The van der Waals surface area contributed by atoms with Gasteiger partial charge in [0.1, 0.15) is 5.82 Å². The number of pyridine rings is 1. The molecule has 4 rings (SSSR count). The van der Waals surface area contributed by atoms with Crippen LogP contribution < -0.4 is 15.5 Å². The highest BCUT2D eigenvalue weighted by Crippen LogP contribution is 2.27. The van der Waals surface area contributed by atoms with Crippen LogP contribution in [0.2, 0.25) is 0 Å². The quantitative estimate of drug-likeness (QED) is 0.678. The third kappa shape index (κ3) is 4.20. The van der Waals surface area contributed by atoms with Gasteiger partial charge in [0.2, 0.25) is 5.95 Å². The van der Waals surface area contributed by atoms with E-state index in [0.717, 1.165) is 30.2 Å². The molecule has 1 aromatic carbocycles. The average molecular weight is 376 g/mol. The smallest absolute Gasteiger partial charge is 0.231 e. The maximum absolute atomic E-state index is 5.38. The summed E-state index contributed by atoms with van der Waals surface area (Å²) in [6.07, 6.45) is 3.56. The molecule has 0 fully saturated rings. The molecule has 0 bridgehead atoms. The van der Waals surface area contributed by atoms with Crippen LogP contribution in [0.25, 0.3) is 0 Å². The second-order valence-corrected chi connectivity index (χ2v) is 6.89. The van der Waals surface area contributed by atoms with Crippen molar-refractivity contribution in [2.45, 2.75) is 26.6 Å². The summed E-state index contributed by atoms with van der Waals surface area (Å²) in [6.45, 7) is 4.27. The number of hydrogen-bond donors (Lipinski definition) is 2. The summed E-state index contributed by atoms with van der Waals surface area (Å²) < 4.78 is 0. The normalized spacial score (nSPS) is 12.6. The molecule has 6 nitrogen and oxygen atoms in total. The molecular weight excluding hydrogens is 356 g/mol. The van der Waals surface area contributed by atoms with Crippen molar-refractivity contribution in [1.82, 2.24) is 20.3 Å². The fourth-order valence-electron chi connectivity index (χ4n) is 3.10. The van der Waals surface area contributed by atoms with E-state index in [4.69, 9.17) is 12.2 Å². The third-order valence-corrected chi connectivity index (χ3v) is 4.65. The zero-order valence-corrected chi connectivity index (χ0v) is 15.8. The minimum absolute atomic E-state index is 0.486. The van der Waals surface area contributed by atoms with Crippen LogP contribution >= 0.6 is 12.2 Å². The standard InChI is InChI=1S/C20H20N6S/c1-14-9-18(26-12-16-6-2-3-7-17(16)13-26)24-19(23-14)25-20(27)22-11-15-5-4-8-21-10-15/h2-10H,11-13H2,1H3,(H2,22,23,24,25,27). The Balaban J connectivity index is 1.43. The number of aryl methyl sites for hydroxylation is 1. The molecule has 1 aliphatic heterocycles. The van der Waals surface area contributed by atoms with Crippen LogP contribution in [-0.4, -0.2) is 20.1 Å². The Labute approximate surface area is 163 Å². The van der Waals surface area contributed by atoms with Gasteiger partial charge in [0.15, 0.2) is 5.11 Å². The van der Waals surface area contributed by atoms with Crippen LogP contribution in [0.15, 0.2) is 54.9 Å². The van der Waals surface area contributed by atoms with Crippen LogP contribution in [0.1, 0.15) is 22.4 Å². The van der Waals surface area contributed by atoms with Gasteiger partial charge in [0.05, 0.1) is 0 Å². The van der Waals surface area contributed by atoms with Crippen LogP contribution in [0.5, 0.6) is 0 Å². The highest BCUT2D eigenvalue weighted by atomic mass is 32.1. The molecule has 0 radical (unpaired) electrons. The molecule has 27 heavy (non-hydrogen) atoms. The first kappa shape index (κ1) is 17.4. The number of nitrogens with one attached hydrogen (secondary N) is 2. The maximum atomic E-state index is 5.38. The van der Waals surface area contributed by atoms with Gasteiger partial charge in [0, 0.05) is 43.8 Å². The van der Waals surface area contributed by atoms with Gasteiger partial charge in [-0.25, -0.2) is 4.98 Å². The Bertz CT molecular complexity index is 935. The lowest BCUT2D eigenvalue weighted by Gasteiger charge is -2.18. The molecule has 1 aliphatic rings. The number of rotatable bonds is 4. The molecule has 0 spiro atoms. The summed E-state index contributed by atoms with van der Waals surface area (Å²) in [5.74, 6) is 1.40. The molecule has 0 atom stereocenters. The van der Waals surface area contributed by atoms with Gasteiger partial charge in [-0.3, -0.25) is 4.98 Å². The topological polar surface area (TPSA) is 66.0 Å². The molecule has 3 heterocycles. The van der Waals surface area contributed by atoms with Crippen molar-refractivity contribution in [2.24, 2.45) is 0 Å². The number of thiocarbonyl (C=S) groups is 1. The van der Waals surface area contributed by atoms with E-state index in [1.165, 1.54) is 11.1 Å². The number of benzene rings is 1. The largest absolute Gasteiger partial charge is 0.358 e. The number of anilines is 2. The number of nitrogens with zero attached hydrogens (tertiary/aromatic N) is 4. The Morgan fingerprint density at radius 2 is 1.89 bits per heavy atom. The van der Waals surface area contributed by atoms with E-state index in [2.05, 4.69) is 54.8 Å². The van der Waals surface area contributed by atoms with Gasteiger partial charge in [-0.1, -0.05) is 30.3 Å². The molecule has 0 saturated carbocycles. The first-order valence-electron chi connectivity index (χ1n) is 8.78. The van der Waals surface area contributed by atoms with Gasteiger partial charge in [0.25, 0.3) is 0 Å². The summed E-state index contributed by atoms with van der Waals surface area (Å²) in [5, 5.41) is 6.73. The van der Waals surface area contributed by atoms with Gasteiger partial charge in [-0.2, -0.15) is 4.98 Å². The van der Waals surface area contributed by atoms with E-state index in [1.54, 1.807) is 6.20 Å². The van der Waals surface area contributed by atoms with Crippen LogP contribution in [0.4, 0.5) is 11.8 Å². The van der Waals surface area contributed by atoms with E-state index in [-0.39, 0.29) is 0 Å².